The van der Waals surface area contributed by atoms with Gasteiger partial charge in [-0.25, -0.2) is 4.79 Å². The van der Waals surface area contributed by atoms with E-state index in [0.29, 0.717) is 24.9 Å². The van der Waals surface area contributed by atoms with E-state index in [1.54, 1.807) is 4.90 Å². The van der Waals surface area contributed by atoms with E-state index in [2.05, 4.69) is 13.6 Å². The third kappa shape index (κ3) is 4.11. The third-order valence-electron chi connectivity index (χ3n) is 4.60. The van der Waals surface area contributed by atoms with Crippen LogP contribution in [0.25, 0.3) is 0 Å². The van der Waals surface area contributed by atoms with Crippen LogP contribution in [0.5, 0.6) is 5.88 Å². The zero-order chi connectivity index (χ0) is 16.1. The quantitative estimate of drug-likeness (QED) is 0.788. The number of carbonyl (C=O) groups excluding carboxylic acids is 1. The number of nitrogens with zero attached hydrogens (tertiary/aromatic N) is 4. The minimum absolute atomic E-state index is 0.267. The van der Waals surface area contributed by atoms with Gasteiger partial charge in [0.15, 0.2) is 0 Å². The molecule has 8 heteroatoms. The van der Waals surface area contributed by atoms with E-state index in [9.17, 15) is 4.79 Å². The summed E-state index contributed by atoms with van der Waals surface area (Å²) in [6.45, 7) is 2.81. The van der Waals surface area contributed by atoms with E-state index in [0.717, 1.165) is 37.7 Å². The summed E-state index contributed by atoms with van der Waals surface area (Å²) in [6.07, 6.45) is 6.65. The highest BCUT2D eigenvalue weighted by atomic mass is 32.1. The minimum atomic E-state index is -0.334. The molecule has 0 aromatic carbocycles. The number of carbonyl (C=O) groups is 1. The van der Waals surface area contributed by atoms with Crippen molar-refractivity contribution in [3.63, 3.8) is 0 Å². The van der Waals surface area contributed by atoms with Crippen molar-refractivity contribution < 1.29 is 14.3 Å². The van der Waals surface area contributed by atoms with Crippen LogP contribution in [-0.2, 0) is 4.74 Å². The molecule has 1 saturated heterocycles. The van der Waals surface area contributed by atoms with Crippen LogP contribution < -0.4 is 9.64 Å². The highest BCUT2D eigenvalue weighted by Crippen LogP contribution is 2.28. The summed E-state index contributed by atoms with van der Waals surface area (Å²) >= 11 is 1.07. The zero-order valence-corrected chi connectivity index (χ0v) is 14.4. The molecule has 2 heterocycles. The molecule has 1 aromatic rings. The molecule has 7 nitrogen and oxygen atoms in total. The highest BCUT2D eigenvalue weighted by Gasteiger charge is 2.26. The molecule has 128 valence electrons. The van der Waals surface area contributed by atoms with E-state index >= 15 is 0 Å². The first-order chi connectivity index (χ1) is 11.3. The number of aromatic nitrogens is 2. The summed E-state index contributed by atoms with van der Waals surface area (Å²) in [5, 5.41) is 0. The van der Waals surface area contributed by atoms with Crippen LogP contribution in [0.4, 0.5) is 10.6 Å². The third-order valence-corrected chi connectivity index (χ3v) is 5.10. The Hall–Kier alpha value is -1.41. The van der Waals surface area contributed by atoms with Gasteiger partial charge >= 0.3 is 6.09 Å². The number of hydrogen-bond donors (Lipinski definition) is 0. The van der Waals surface area contributed by atoms with Gasteiger partial charge < -0.3 is 19.3 Å². The lowest BCUT2D eigenvalue weighted by molar-refractivity contribution is 0.121. The number of amides is 1. The van der Waals surface area contributed by atoms with Gasteiger partial charge in [0.05, 0.1) is 24.9 Å². The van der Waals surface area contributed by atoms with Gasteiger partial charge in [-0.2, -0.15) is 4.37 Å². The van der Waals surface area contributed by atoms with Crippen LogP contribution in [-0.4, -0.2) is 59.1 Å². The van der Waals surface area contributed by atoms with Crippen molar-refractivity contribution in [3.05, 3.63) is 0 Å². The summed E-state index contributed by atoms with van der Waals surface area (Å²) in [5.41, 5.74) is 0. The van der Waals surface area contributed by atoms with Crippen LogP contribution in [0.15, 0.2) is 0 Å². The smallest absolute Gasteiger partial charge is 0.386 e. The molecule has 0 spiro atoms. The van der Waals surface area contributed by atoms with Crippen LogP contribution in [0.1, 0.15) is 38.5 Å². The van der Waals surface area contributed by atoms with Crippen molar-refractivity contribution in [2.75, 3.05) is 38.3 Å². The number of hydrogen-bond acceptors (Lipinski definition) is 7. The summed E-state index contributed by atoms with van der Waals surface area (Å²) in [7, 11) is 1.83. The van der Waals surface area contributed by atoms with E-state index < -0.39 is 0 Å². The van der Waals surface area contributed by atoms with E-state index in [1.165, 1.54) is 25.7 Å². The average molecular weight is 340 g/mol. The number of rotatable bonds is 3. The Morgan fingerprint density at radius 1 is 1.22 bits per heavy atom. The average Bonchev–Trinajstić information content (AvgIpc) is 2.87. The molecule has 2 aliphatic rings. The lowest BCUT2D eigenvalue weighted by Crippen LogP contribution is -2.39. The second kappa shape index (κ2) is 7.92. The molecule has 0 N–H and O–H groups in total. The Labute approximate surface area is 140 Å². The van der Waals surface area contributed by atoms with Crippen molar-refractivity contribution in [3.8, 4) is 5.88 Å². The second-order valence-corrected chi connectivity index (χ2v) is 6.65. The normalized spacial score (nSPS) is 20.1. The van der Waals surface area contributed by atoms with Gasteiger partial charge in [-0.3, -0.25) is 0 Å². The fourth-order valence-corrected chi connectivity index (χ4v) is 3.66. The largest absolute Gasteiger partial charge is 0.416 e. The van der Waals surface area contributed by atoms with E-state index in [4.69, 9.17) is 9.47 Å². The topological polar surface area (TPSA) is 67.8 Å². The zero-order valence-electron chi connectivity index (χ0n) is 13.6. The van der Waals surface area contributed by atoms with E-state index in [-0.39, 0.29) is 12.1 Å². The lowest BCUT2D eigenvalue weighted by atomic mass is 10.1. The summed E-state index contributed by atoms with van der Waals surface area (Å²) in [5.74, 6) is 0.975. The van der Waals surface area contributed by atoms with Gasteiger partial charge in [0, 0.05) is 26.2 Å². The summed E-state index contributed by atoms with van der Waals surface area (Å²) in [4.78, 5) is 16.2. The van der Waals surface area contributed by atoms with Crippen LogP contribution in [0.2, 0.25) is 0 Å². The molecule has 1 aliphatic carbocycles. The molecule has 0 atom stereocenters. The Morgan fingerprint density at radius 3 is 2.61 bits per heavy atom. The maximum absolute atomic E-state index is 12.5. The molecule has 0 bridgehead atoms. The molecule has 0 radical (unpaired) electrons. The van der Waals surface area contributed by atoms with Crippen molar-refractivity contribution in [1.82, 2.24) is 13.6 Å². The Balaban J connectivity index is 1.62. The molecule has 3 rings (SSSR count). The number of anilines is 1. The van der Waals surface area contributed by atoms with Gasteiger partial charge in [-0.15, -0.1) is 4.37 Å². The fourth-order valence-electron chi connectivity index (χ4n) is 3.16. The van der Waals surface area contributed by atoms with Gasteiger partial charge in [-0.05, 0) is 12.8 Å². The standard InChI is InChI=1S/C15H24N4O3S/c1-18(12-6-4-2-3-5-7-12)15(20)22-14-13(16-23-17-14)19-8-10-21-11-9-19/h12H,2-11H2,1H3. The van der Waals surface area contributed by atoms with Crippen LogP contribution in [0.3, 0.4) is 0 Å². The van der Waals surface area contributed by atoms with Crippen molar-refractivity contribution in [2.24, 2.45) is 0 Å². The Bertz CT molecular complexity index is 511. The molecular weight excluding hydrogens is 316 g/mol. The first-order valence-electron chi connectivity index (χ1n) is 8.35. The first-order valence-corrected chi connectivity index (χ1v) is 9.08. The monoisotopic (exact) mass is 340 g/mol. The lowest BCUT2D eigenvalue weighted by Gasteiger charge is -2.28. The molecule has 0 unspecified atom stereocenters. The Kier molecular flexibility index (Phi) is 5.66. The predicted octanol–water partition coefficient (Wildman–Crippen LogP) is 2.53. The van der Waals surface area contributed by atoms with Gasteiger partial charge in [0.1, 0.15) is 0 Å². The summed E-state index contributed by atoms with van der Waals surface area (Å²) < 4.78 is 19.3. The maximum atomic E-state index is 12.5. The SMILES string of the molecule is CN(C(=O)Oc1nsnc1N1CCOCC1)C1CCCCCC1. The van der Waals surface area contributed by atoms with Crippen LogP contribution >= 0.6 is 11.7 Å². The van der Waals surface area contributed by atoms with E-state index in [1.807, 2.05) is 7.05 Å². The number of morpholine rings is 1. The van der Waals surface area contributed by atoms with Gasteiger partial charge in [-0.1, -0.05) is 25.7 Å². The predicted molar refractivity (Wildman–Crippen MR) is 88.2 cm³/mol. The Morgan fingerprint density at radius 2 is 1.91 bits per heavy atom. The van der Waals surface area contributed by atoms with Gasteiger partial charge in [0.2, 0.25) is 5.82 Å². The van der Waals surface area contributed by atoms with Gasteiger partial charge in [0.25, 0.3) is 5.88 Å². The molecular formula is C15H24N4O3S. The maximum Gasteiger partial charge on any atom is 0.416 e. The fraction of sp³-hybridized carbons (Fsp3) is 0.800. The molecule has 1 aromatic heterocycles. The number of ether oxygens (including phenoxy) is 2. The summed E-state index contributed by atoms with van der Waals surface area (Å²) in [6, 6.07) is 0.267. The highest BCUT2D eigenvalue weighted by molar-refractivity contribution is 6.99. The molecule has 2 fully saturated rings. The van der Waals surface area contributed by atoms with Crippen molar-refractivity contribution in [1.29, 1.82) is 0 Å². The second-order valence-electron chi connectivity index (χ2n) is 6.12. The molecule has 23 heavy (non-hydrogen) atoms. The first kappa shape index (κ1) is 16.4. The molecule has 1 amide bonds. The van der Waals surface area contributed by atoms with Crippen molar-refractivity contribution >= 4 is 23.6 Å². The van der Waals surface area contributed by atoms with Crippen molar-refractivity contribution in [2.45, 2.75) is 44.6 Å². The minimum Gasteiger partial charge on any atom is -0.386 e. The molecule has 1 aliphatic heterocycles. The van der Waals surface area contributed by atoms with Crippen LogP contribution in [0, 0.1) is 0 Å². The molecule has 1 saturated carbocycles.